The Morgan fingerprint density at radius 3 is 2.57 bits per heavy atom. The number of fused-ring (bicyclic) bond motifs is 2. The fourth-order valence-corrected chi connectivity index (χ4v) is 4.20. The van der Waals surface area contributed by atoms with Crippen molar-refractivity contribution in [2.24, 2.45) is 23.5 Å². The van der Waals surface area contributed by atoms with Crippen molar-refractivity contribution in [1.82, 2.24) is 4.90 Å². The summed E-state index contributed by atoms with van der Waals surface area (Å²) in [6, 6.07) is 7.41. The predicted molar refractivity (Wildman–Crippen MR) is 84.7 cm³/mol. The quantitative estimate of drug-likeness (QED) is 0.925. The number of carbonyl (C=O) groups is 1. The first-order valence-corrected chi connectivity index (χ1v) is 8.11. The lowest BCUT2D eigenvalue weighted by Gasteiger charge is -2.29. The Morgan fingerprint density at radius 2 is 2.00 bits per heavy atom. The molecule has 1 amide bonds. The molecular weight excluding hydrogens is 260 g/mol. The number of amides is 1. The van der Waals surface area contributed by atoms with E-state index in [-0.39, 0.29) is 5.91 Å². The fraction of sp³-hybridized carbons (Fsp3) is 0.611. The van der Waals surface area contributed by atoms with Crippen LogP contribution >= 0.6 is 0 Å². The Morgan fingerprint density at radius 1 is 1.29 bits per heavy atom. The fourth-order valence-electron chi connectivity index (χ4n) is 4.20. The second-order valence-electron chi connectivity index (χ2n) is 7.04. The van der Waals surface area contributed by atoms with Crippen molar-refractivity contribution in [3.8, 4) is 0 Å². The molecule has 21 heavy (non-hydrogen) atoms. The van der Waals surface area contributed by atoms with Gasteiger partial charge in [-0.2, -0.15) is 0 Å². The molecule has 3 rings (SSSR count). The summed E-state index contributed by atoms with van der Waals surface area (Å²) in [6.07, 6.45) is 5.46. The third kappa shape index (κ3) is 2.98. The maximum Gasteiger partial charge on any atom is 0.243 e. The SMILES string of the molecule is Cc1ccc(C(N)C(=O)N(C)CC2CC3CCC2C3)cc1. The third-order valence-electron chi connectivity index (χ3n) is 5.47. The minimum Gasteiger partial charge on any atom is -0.344 e. The molecule has 0 saturated heterocycles. The topological polar surface area (TPSA) is 46.3 Å². The van der Waals surface area contributed by atoms with Gasteiger partial charge in [0.25, 0.3) is 0 Å². The first-order chi connectivity index (χ1) is 10.0. The van der Waals surface area contributed by atoms with Crippen molar-refractivity contribution < 1.29 is 4.79 Å². The molecule has 2 aliphatic carbocycles. The molecule has 2 aliphatic rings. The second-order valence-corrected chi connectivity index (χ2v) is 7.04. The van der Waals surface area contributed by atoms with Gasteiger partial charge in [0.15, 0.2) is 0 Å². The van der Waals surface area contributed by atoms with Gasteiger partial charge in [0, 0.05) is 13.6 Å². The van der Waals surface area contributed by atoms with Gasteiger partial charge in [0.1, 0.15) is 6.04 Å². The van der Waals surface area contributed by atoms with E-state index in [1.165, 1.54) is 31.2 Å². The van der Waals surface area contributed by atoms with E-state index in [4.69, 9.17) is 5.73 Å². The van der Waals surface area contributed by atoms with Gasteiger partial charge >= 0.3 is 0 Å². The Bertz CT molecular complexity index is 510. The molecule has 3 nitrogen and oxygen atoms in total. The number of hydrogen-bond donors (Lipinski definition) is 1. The van der Waals surface area contributed by atoms with Crippen LogP contribution in [0.2, 0.25) is 0 Å². The van der Waals surface area contributed by atoms with Crippen molar-refractivity contribution in [2.45, 2.75) is 38.6 Å². The van der Waals surface area contributed by atoms with Crippen LogP contribution in [0.4, 0.5) is 0 Å². The summed E-state index contributed by atoms with van der Waals surface area (Å²) in [5, 5.41) is 0. The summed E-state index contributed by atoms with van der Waals surface area (Å²) in [4.78, 5) is 14.4. The second kappa shape index (κ2) is 5.80. The number of benzene rings is 1. The van der Waals surface area contributed by atoms with Crippen LogP contribution in [0.1, 0.15) is 42.9 Å². The third-order valence-corrected chi connectivity index (χ3v) is 5.47. The van der Waals surface area contributed by atoms with E-state index in [0.29, 0.717) is 5.92 Å². The van der Waals surface area contributed by atoms with Crippen LogP contribution in [0, 0.1) is 24.7 Å². The summed E-state index contributed by atoms with van der Waals surface area (Å²) in [7, 11) is 1.91. The van der Waals surface area contributed by atoms with Crippen LogP contribution in [-0.4, -0.2) is 24.4 Å². The lowest BCUT2D eigenvalue weighted by Crippen LogP contribution is -2.39. The van der Waals surface area contributed by atoms with E-state index in [1.807, 2.05) is 43.1 Å². The highest BCUT2D eigenvalue weighted by Crippen LogP contribution is 2.48. The lowest BCUT2D eigenvalue weighted by atomic mass is 9.88. The highest BCUT2D eigenvalue weighted by molar-refractivity contribution is 5.82. The average Bonchev–Trinajstić information content (AvgIpc) is 3.09. The molecule has 0 heterocycles. The van der Waals surface area contributed by atoms with Gasteiger partial charge in [-0.3, -0.25) is 4.79 Å². The summed E-state index contributed by atoms with van der Waals surface area (Å²) in [6.45, 7) is 2.91. The molecule has 3 heteroatoms. The minimum atomic E-state index is -0.533. The van der Waals surface area contributed by atoms with E-state index in [2.05, 4.69) is 0 Å². The van der Waals surface area contributed by atoms with Gasteiger partial charge in [0.2, 0.25) is 5.91 Å². The molecule has 4 unspecified atom stereocenters. The minimum absolute atomic E-state index is 0.0432. The molecule has 2 bridgehead atoms. The van der Waals surface area contributed by atoms with E-state index in [0.717, 1.165) is 23.9 Å². The molecule has 0 spiro atoms. The van der Waals surface area contributed by atoms with Gasteiger partial charge in [-0.15, -0.1) is 0 Å². The Labute approximate surface area is 127 Å². The molecule has 0 aromatic heterocycles. The number of aryl methyl sites for hydroxylation is 1. The molecule has 1 aromatic carbocycles. The average molecular weight is 286 g/mol. The van der Waals surface area contributed by atoms with Gasteiger partial charge in [-0.25, -0.2) is 0 Å². The number of nitrogens with two attached hydrogens (primary N) is 1. The van der Waals surface area contributed by atoms with Crippen molar-refractivity contribution in [2.75, 3.05) is 13.6 Å². The molecule has 2 N–H and O–H groups in total. The van der Waals surface area contributed by atoms with Crippen molar-refractivity contribution in [1.29, 1.82) is 0 Å². The largest absolute Gasteiger partial charge is 0.344 e. The Hall–Kier alpha value is -1.35. The predicted octanol–water partition coefficient (Wildman–Crippen LogP) is 2.89. The number of rotatable bonds is 4. The zero-order valence-corrected chi connectivity index (χ0v) is 13.1. The highest BCUT2D eigenvalue weighted by Gasteiger charge is 2.40. The molecule has 1 aromatic rings. The monoisotopic (exact) mass is 286 g/mol. The molecular formula is C18H26N2O. The summed E-state index contributed by atoms with van der Waals surface area (Å²) in [5.41, 5.74) is 8.24. The zero-order chi connectivity index (χ0) is 15.0. The van der Waals surface area contributed by atoms with E-state index < -0.39 is 6.04 Å². The first-order valence-electron chi connectivity index (χ1n) is 8.11. The molecule has 2 saturated carbocycles. The van der Waals surface area contributed by atoms with Crippen molar-refractivity contribution in [3.63, 3.8) is 0 Å². The van der Waals surface area contributed by atoms with Gasteiger partial charge < -0.3 is 10.6 Å². The summed E-state index contributed by atoms with van der Waals surface area (Å²) in [5.74, 6) is 2.51. The van der Waals surface area contributed by atoms with Crippen LogP contribution in [-0.2, 0) is 4.79 Å². The normalized spacial score (nSPS) is 28.6. The van der Waals surface area contributed by atoms with Crippen molar-refractivity contribution in [3.05, 3.63) is 35.4 Å². The van der Waals surface area contributed by atoms with E-state index >= 15 is 0 Å². The summed E-state index contributed by atoms with van der Waals surface area (Å²) < 4.78 is 0. The smallest absolute Gasteiger partial charge is 0.243 e. The van der Waals surface area contributed by atoms with Crippen LogP contribution < -0.4 is 5.73 Å². The van der Waals surface area contributed by atoms with Gasteiger partial charge in [-0.05, 0) is 49.5 Å². The number of carbonyl (C=O) groups excluding carboxylic acids is 1. The first kappa shape index (κ1) is 14.6. The molecule has 0 radical (unpaired) electrons. The molecule has 114 valence electrons. The standard InChI is InChI=1S/C18H26N2O/c1-12-3-6-14(7-4-12)17(19)18(21)20(2)11-16-10-13-5-8-15(16)9-13/h3-4,6-7,13,15-17H,5,8-11,19H2,1-2H3. The summed E-state index contributed by atoms with van der Waals surface area (Å²) >= 11 is 0. The van der Waals surface area contributed by atoms with E-state index in [1.54, 1.807) is 0 Å². The lowest BCUT2D eigenvalue weighted by molar-refractivity contribution is -0.132. The van der Waals surface area contributed by atoms with Crippen LogP contribution in [0.5, 0.6) is 0 Å². The van der Waals surface area contributed by atoms with Crippen LogP contribution in [0.25, 0.3) is 0 Å². The van der Waals surface area contributed by atoms with Crippen LogP contribution in [0.15, 0.2) is 24.3 Å². The number of nitrogens with zero attached hydrogens (tertiary/aromatic N) is 1. The van der Waals surface area contributed by atoms with Gasteiger partial charge in [0.05, 0.1) is 0 Å². The molecule has 0 aliphatic heterocycles. The van der Waals surface area contributed by atoms with E-state index in [9.17, 15) is 4.79 Å². The maximum absolute atomic E-state index is 12.5. The number of likely N-dealkylation sites (N-methyl/N-ethyl adjacent to an activating group) is 1. The molecule has 4 atom stereocenters. The Balaban J connectivity index is 1.60. The zero-order valence-electron chi connectivity index (χ0n) is 13.1. The Kier molecular flexibility index (Phi) is 4.03. The van der Waals surface area contributed by atoms with Crippen LogP contribution in [0.3, 0.4) is 0 Å². The number of hydrogen-bond acceptors (Lipinski definition) is 2. The van der Waals surface area contributed by atoms with Gasteiger partial charge in [-0.1, -0.05) is 36.2 Å². The molecule has 2 fully saturated rings. The highest BCUT2D eigenvalue weighted by atomic mass is 16.2. The maximum atomic E-state index is 12.5. The van der Waals surface area contributed by atoms with Crippen molar-refractivity contribution >= 4 is 5.91 Å².